The normalized spacial score (nSPS) is 19.2. The van der Waals surface area contributed by atoms with E-state index in [1.54, 1.807) is 6.08 Å². The summed E-state index contributed by atoms with van der Waals surface area (Å²) in [6.07, 6.45) is 7.06. The van der Waals surface area contributed by atoms with Crippen molar-refractivity contribution in [2.45, 2.75) is 6.42 Å². The molecule has 0 amide bonds. The van der Waals surface area contributed by atoms with Gasteiger partial charge in [-0.15, -0.1) is 23.5 Å². The Labute approximate surface area is 75.9 Å². The molecule has 0 saturated carbocycles. The predicted molar refractivity (Wildman–Crippen MR) is 53.8 cm³/mol. The van der Waals surface area contributed by atoms with E-state index in [0.717, 1.165) is 0 Å². The van der Waals surface area contributed by atoms with E-state index in [1.165, 1.54) is 22.2 Å². The molecule has 62 valence electrons. The van der Waals surface area contributed by atoms with Gasteiger partial charge in [-0.2, -0.15) is 0 Å². The van der Waals surface area contributed by atoms with Crippen LogP contribution in [0.5, 0.6) is 0 Å². The van der Waals surface area contributed by atoms with Gasteiger partial charge in [0.15, 0.2) is 0 Å². The summed E-state index contributed by atoms with van der Waals surface area (Å²) in [6.45, 7) is 0.138. The maximum Gasteiger partial charge on any atom is 0.0615 e. The molecule has 1 heterocycles. The average Bonchev–Trinajstić information content (AvgIpc) is 2.07. The van der Waals surface area contributed by atoms with Crippen LogP contribution in [-0.2, 0) is 0 Å². The van der Waals surface area contributed by atoms with Crippen molar-refractivity contribution in [2.75, 3.05) is 18.1 Å². The molecule has 0 bridgehead atoms. The van der Waals surface area contributed by atoms with Crippen LogP contribution in [0.15, 0.2) is 22.5 Å². The highest BCUT2D eigenvalue weighted by molar-refractivity contribution is 8.22. The molecule has 1 N–H and O–H groups in total. The van der Waals surface area contributed by atoms with E-state index in [0.29, 0.717) is 0 Å². The van der Waals surface area contributed by atoms with Gasteiger partial charge in [0, 0.05) is 4.24 Å². The fraction of sp³-hybridized carbons (Fsp3) is 0.500. The van der Waals surface area contributed by atoms with Crippen molar-refractivity contribution in [3.05, 3.63) is 22.5 Å². The van der Waals surface area contributed by atoms with Gasteiger partial charge in [-0.05, 0) is 24.0 Å². The molecule has 0 aliphatic carbocycles. The molecule has 0 unspecified atom stereocenters. The summed E-state index contributed by atoms with van der Waals surface area (Å²) in [5, 5.41) is 8.47. The van der Waals surface area contributed by atoms with Crippen LogP contribution in [0.3, 0.4) is 0 Å². The van der Waals surface area contributed by atoms with Gasteiger partial charge in [-0.1, -0.05) is 12.2 Å². The Hall–Kier alpha value is 0.140. The molecular formula is C8H12OS2. The number of aliphatic hydroxyl groups excluding tert-OH is 1. The first-order valence-corrected chi connectivity index (χ1v) is 5.64. The lowest BCUT2D eigenvalue weighted by molar-refractivity contribution is 0.343. The monoisotopic (exact) mass is 188 g/mol. The quantitative estimate of drug-likeness (QED) is 0.717. The fourth-order valence-electron chi connectivity index (χ4n) is 0.750. The molecule has 0 aromatic heterocycles. The molecule has 1 rings (SSSR count). The predicted octanol–water partition coefficient (Wildman–Crippen LogP) is 2.25. The molecule has 0 aromatic carbocycles. The molecule has 1 saturated heterocycles. The van der Waals surface area contributed by atoms with E-state index in [2.05, 4.69) is 6.08 Å². The maximum absolute atomic E-state index is 8.47. The van der Waals surface area contributed by atoms with Gasteiger partial charge >= 0.3 is 0 Å². The van der Waals surface area contributed by atoms with Crippen molar-refractivity contribution in [2.24, 2.45) is 0 Å². The van der Waals surface area contributed by atoms with Crippen LogP contribution < -0.4 is 0 Å². The third kappa shape index (κ3) is 3.89. The summed E-state index contributed by atoms with van der Waals surface area (Å²) in [7, 11) is 0. The van der Waals surface area contributed by atoms with Gasteiger partial charge in [0.05, 0.1) is 6.61 Å². The number of aliphatic hydroxyl groups is 1. The summed E-state index contributed by atoms with van der Waals surface area (Å²) in [5.41, 5.74) is 0. The van der Waals surface area contributed by atoms with Crippen LogP contribution in [0.25, 0.3) is 0 Å². The number of thioether (sulfide) groups is 2. The Morgan fingerprint density at radius 1 is 1.36 bits per heavy atom. The lowest BCUT2D eigenvalue weighted by Crippen LogP contribution is -1.90. The minimum Gasteiger partial charge on any atom is -0.392 e. The molecule has 0 spiro atoms. The Balaban J connectivity index is 2.31. The largest absolute Gasteiger partial charge is 0.392 e. The summed E-state index contributed by atoms with van der Waals surface area (Å²) >= 11 is 3.81. The van der Waals surface area contributed by atoms with E-state index < -0.39 is 0 Å². The highest BCUT2D eigenvalue weighted by Gasteiger charge is 2.03. The summed E-state index contributed by atoms with van der Waals surface area (Å²) in [5.74, 6) is 2.48. The van der Waals surface area contributed by atoms with Gasteiger partial charge in [0.2, 0.25) is 0 Å². The van der Waals surface area contributed by atoms with E-state index in [-0.39, 0.29) is 6.61 Å². The zero-order chi connectivity index (χ0) is 7.94. The van der Waals surface area contributed by atoms with Crippen LogP contribution >= 0.6 is 23.5 Å². The molecule has 1 aliphatic rings. The number of rotatable bonds is 2. The molecule has 0 atom stereocenters. The lowest BCUT2D eigenvalue weighted by Gasteiger charge is -2.10. The minimum atomic E-state index is 0.138. The van der Waals surface area contributed by atoms with Crippen LogP contribution in [-0.4, -0.2) is 23.2 Å². The first-order chi connectivity index (χ1) is 5.43. The van der Waals surface area contributed by atoms with Crippen molar-refractivity contribution >= 4 is 23.5 Å². The Morgan fingerprint density at radius 2 is 2.09 bits per heavy atom. The van der Waals surface area contributed by atoms with Crippen molar-refractivity contribution < 1.29 is 5.11 Å². The highest BCUT2D eigenvalue weighted by atomic mass is 32.2. The van der Waals surface area contributed by atoms with Crippen molar-refractivity contribution in [3.8, 4) is 0 Å². The summed E-state index contributed by atoms with van der Waals surface area (Å²) < 4.78 is 1.38. The summed E-state index contributed by atoms with van der Waals surface area (Å²) in [6, 6.07) is 0. The highest BCUT2D eigenvalue weighted by Crippen LogP contribution is 2.34. The number of allylic oxidation sites excluding steroid dienone is 2. The maximum atomic E-state index is 8.47. The first kappa shape index (κ1) is 9.23. The smallest absolute Gasteiger partial charge is 0.0615 e. The molecule has 1 fully saturated rings. The van der Waals surface area contributed by atoms with Gasteiger partial charge in [-0.25, -0.2) is 0 Å². The van der Waals surface area contributed by atoms with Gasteiger partial charge < -0.3 is 5.11 Å². The second-order valence-corrected chi connectivity index (χ2v) is 4.68. The first-order valence-electron chi connectivity index (χ1n) is 3.67. The number of hydrogen-bond donors (Lipinski definition) is 1. The SMILES string of the molecule is OC/C=C/C=C1SCCCS1. The average molecular weight is 188 g/mol. The third-order valence-electron chi connectivity index (χ3n) is 1.25. The zero-order valence-corrected chi connectivity index (χ0v) is 7.96. The fourth-order valence-corrected chi connectivity index (χ4v) is 3.10. The van der Waals surface area contributed by atoms with Gasteiger partial charge in [0.25, 0.3) is 0 Å². The molecule has 3 heteroatoms. The summed E-state index contributed by atoms with van der Waals surface area (Å²) in [4.78, 5) is 0. The Morgan fingerprint density at radius 3 is 2.73 bits per heavy atom. The van der Waals surface area contributed by atoms with Gasteiger partial charge in [0.1, 0.15) is 0 Å². The van der Waals surface area contributed by atoms with Crippen molar-refractivity contribution in [1.82, 2.24) is 0 Å². The van der Waals surface area contributed by atoms with E-state index >= 15 is 0 Å². The number of hydrogen-bond acceptors (Lipinski definition) is 3. The van der Waals surface area contributed by atoms with E-state index in [9.17, 15) is 0 Å². The topological polar surface area (TPSA) is 20.2 Å². The Bertz CT molecular complexity index is 155. The molecule has 0 radical (unpaired) electrons. The molecule has 1 aliphatic heterocycles. The molecule has 0 aromatic rings. The minimum absolute atomic E-state index is 0.138. The van der Waals surface area contributed by atoms with Crippen molar-refractivity contribution in [3.63, 3.8) is 0 Å². The Kier molecular flexibility index (Phi) is 4.82. The third-order valence-corrected chi connectivity index (χ3v) is 3.79. The standard InChI is InChI=1S/C8H12OS2/c9-5-2-1-4-8-10-6-3-7-11-8/h1-2,4,9H,3,5-7H2/b2-1+. The molecular weight excluding hydrogens is 176 g/mol. The molecule has 1 nitrogen and oxygen atoms in total. The van der Waals surface area contributed by atoms with E-state index in [4.69, 9.17) is 5.11 Å². The van der Waals surface area contributed by atoms with Crippen LogP contribution in [0.2, 0.25) is 0 Å². The van der Waals surface area contributed by atoms with Crippen LogP contribution in [0, 0.1) is 0 Å². The van der Waals surface area contributed by atoms with E-state index in [1.807, 2.05) is 29.6 Å². The van der Waals surface area contributed by atoms with Crippen LogP contribution in [0.1, 0.15) is 6.42 Å². The van der Waals surface area contributed by atoms with Gasteiger partial charge in [-0.3, -0.25) is 0 Å². The van der Waals surface area contributed by atoms with Crippen LogP contribution in [0.4, 0.5) is 0 Å². The zero-order valence-electron chi connectivity index (χ0n) is 6.32. The second kappa shape index (κ2) is 5.75. The second-order valence-electron chi connectivity index (χ2n) is 2.15. The molecule has 11 heavy (non-hydrogen) atoms. The van der Waals surface area contributed by atoms with Crippen molar-refractivity contribution in [1.29, 1.82) is 0 Å². The lowest BCUT2D eigenvalue weighted by atomic mass is 10.5.